The predicted molar refractivity (Wildman–Crippen MR) is 176 cm³/mol. The van der Waals surface area contributed by atoms with Gasteiger partial charge in [-0.05, 0) is 72.2 Å². The molecule has 0 bridgehead atoms. The second-order valence-corrected chi connectivity index (χ2v) is 11.1. The van der Waals surface area contributed by atoms with Gasteiger partial charge in [0.2, 0.25) is 0 Å². The Bertz CT molecular complexity index is 1480. The molecule has 1 amide bonds. The van der Waals surface area contributed by atoms with Crippen molar-refractivity contribution in [2.75, 3.05) is 19.1 Å². The number of benzene rings is 4. The van der Waals surface area contributed by atoms with Crippen LogP contribution in [0, 0.1) is 0 Å². The quantitative estimate of drug-likeness (QED) is 0.188. The molecule has 0 aromatic heterocycles. The van der Waals surface area contributed by atoms with Gasteiger partial charge in [-0.3, -0.25) is 4.90 Å². The van der Waals surface area contributed by atoms with Gasteiger partial charge in [0, 0.05) is 19.1 Å². The Morgan fingerprint density at radius 1 is 0.909 bits per heavy atom. The first kappa shape index (κ1) is 32.9. The van der Waals surface area contributed by atoms with E-state index in [1.165, 1.54) is 10.5 Å². The number of fused-ring (bicyclic) bond motifs is 1. The number of aliphatic hydroxyl groups is 1. The molecule has 3 atom stereocenters. The van der Waals surface area contributed by atoms with Crippen LogP contribution >= 0.6 is 12.4 Å². The lowest BCUT2D eigenvalue weighted by Crippen LogP contribution is -2.44. The zero-order chi connectivity index (χ0) is 30.2. The first-order valence-corrected chi connectivity index (χ1v) is 14.8. The number of hydrogen-bond acceptors (Lipinski definition) is 6. The van der Waals surface area contributed by atoms with Crippen LogP contribution in [0.2, 0.25) is 0 Å². The third-order valence-corrected chi connectivity index (χ3v) is 7.94. The highest BCUT2D eigenvalue weighted by atomic mass is 35.5. The molecule has 2 N–H and O–H groups in total. The van der Waals surface area contributed by atoms with Gasteiger partial charge in [0.25, 0.3) is 0 Å². The summed E-state index contributed by atoms with van der Waals surface area (Å²) in [5.74, 6) is 1.41. The number of hydrogen-bond donors (Lipinski definition) is 2. The van der Waals surface area contributed by atoms with Gasteiger partial charge in [-0.1, -0.05) is 78.9 Å². The van der Waals surface area contributed by atoms with Gasteiger partial charge >= 0.3 is 6.09 Å². The highest BCUT2D eigenvalue weighted by molar-refractivity contribution is 5.91. The predicted octanol–water partition coefficient (Wildman–Crippen LogP) is 7.04. The average molecular weight is 617 g/mol. The molecular formula is C36H41ClN2O5. The zero-order valence-electron chi connectivity index (χ0n) is 25.4. The molecule has 8 heteroatoms. The molecule has 232 valence electrons. The second kappa shape index (κ2) is 15.6. The summed E-state index contributed by atoms with van der Waals surface area (Å²) in [6, 6.07) is 31.4. The SMILES string of the molecule is COc1ccc(CC(C)NC2CCc3c(ccc(OCc4ccccc4)c3N(C)C(=O)OCc3ccccc3)C2O)cc1.Cl. The minimum Gasteiger partial charge on any atom is -0.497 e. The summed E-state index contributed by atoms with van der Waals surface area (Å²) in [7, 11) is 3.36. The Balaban J connectivity index is 0.00000442. The van der Waals surface area contributed by atoms with E-state index < -0.39 is 12.2 Å². The number of nitrogens with one attached hydrogen (secondary N) is 1. The molecule has 0 aliphatic heterocycles. The number of halogens is 1. The number of amides is 1. The van der Waals surface area contributed by atoms with Crippen LogP contribution in [0.4, 0.5) is 10.5 Å². The van der Waals surface area contributed by atoms with Crippen LogP contribution in [0.25, 0.3) is 0 Å². The Kier molecular flexibility index (Phi) is 11.7. The van der Waals surface area contributed by atoms with Crippen LogP contribution in [0.3, 0.4) is 0 Å². The molecule has 0 radical (unpaired) electrons. The normalized spacial score (nSPS) is 16.2. The fraction of sp³-hybridized carbons (Fsp3) is 0.306. The van der Waals surface area contributed by atoms with Gasteiger partial charge in [-0.15, -0.1) is 12.4 Å². The molecule has 0 heterocycles. The lowest BCUT2D eigenvalue weighted by molar-refractivity contribution is 0.109. The van der Waals surface area contributed by atoms with Crippen LogP contribution < -0.4 is 19.7 Å². The topological polar surface area (TPSA) is 80.3 Å². The molecule has 1 aliphatic carbocycles. The van der Waals surface area contributed by atoms with Crippen LogP contribution in [0.5, 0.6) is 11.5 Å². The Morgan fingerprint density at radius 2 is 1.55 bits per heavy atom. The molecule has 0 saturated carbocycles. The molecule has 7 nitrogen and oxygen atoms in total. The Labute approximate surface area is 266 Å². The summed E-state index contributed by atoms with van der Waals surface area (Å²) in [5, 5.41) is 15.2. The van der Waals surface area contributed by atoms with E-state index >= 15 is 0 Å². The number of methoxy groups -OCH3 is 1. The van der Waals surface area contributed by atoms with E-state index in [1.54, 1.807) is 14.2 Å². The molecule has 4 aromatic carbocycles. The van der Waals surface area contributed by atoms with Gasteiger partial charge in [0.05, 0.1) is 18.9 Å². The van der Waals surface area contributed by atoms with Crippen molar-refractivity contribution >= 4 is 24.2 Å². The molecule has 5 rings (SSSR count). The largest absolute Gasteiger partial charge is 0.497 e. The van der Waals surface area contributed by atoms with Crippen LogP contribution in [-0.2, 0) is 30.8 Å². The minimum absolute atomic E-state index is 0. The zero-order valence-corrected chi connectivity index (χ0v) is 26.3. The van der Waals surface area contributed by atoms with Crippen LogP contribution in [0.15, 0.2) is 97.1 Å². The smallest absolute Gasteiger partial charge is 0.414 e. The van der Waals surface area contributed by atoms with Crippen molar-refractivity contribution in [2.24, 2.45) is 0 Å². The fourth-order valence-corrected chi connectivity index (χ4v) is 5.69. The number of carbonyl (C=O) groups is 1. The molecule has 1 aliphatic rings. The van der Waals surface area contributed by atoms with E-state index in [9.17, 15) is 9.90 Å². The molecule has 4 aromatic rings. The maximum absolute atomic E-state index is 13.3. The van der Waals surface area contributed by atoms with Crippen molar-refractivity contribution in [3.8, 4) is 11.5 Å². The third-order valence-electron chi connectivity index (χ3n) is 7.94. The Morgan fingerprint density at radius 3 is 2.18 bits per heavy atom. The van der Waals surface area contributed by atoms with E-state index in [-0.39, 0.29) is 31.1 Å². The van der Waals surface area contributed by atoms with Gasteiger partial charge in [0.1, 0.15) is 24.7 Å². The van der Waals surface area contributed by atoms with Crippen molar-refractivity contribution in [2.45, 2.75) is 57.6 Å². The monoisotopic (exact) mass is 616 g/mol. The van der Waals surface area contributed by atoms with E-state index in [0.29, 0.717) is 30.9 Å². The van der Waals surface area contributed by atoms with Crippen molar-refractivity contribution in [1.82, 2.24) is 5.32 Å². The second-order valence-electron chi connectivity index (χ2n) is 11.1. The highest BCUT2D eigenvalue weighted by Crippen LogP contribution is 2.42. The number of aliphatic hydroxyl groups excluding tert-OH is 1. The van der Waals surface area contributed by atoms with Gasteiger partial charge < -0.3 is 24.6 Å². The third kappa shape index (κ3) is 8.11. The summed E-state index contributed by atoms with van der Waals surface area (Å²) in [4.78, 5) is 14.8. The molecule has 0 saturated heterocycles. The van der Waals surface area contributed by atoms with Crippen molar-refractivity contribution in [1.29, 1.82) is 0 Å². The molecule has 0 fully saturated rings. The van der Waals surface area contributed by atoms with Gasteiger partial charge in [-0.25, -0.2) is 4.79 Å². The van der Waals surface area contributed by atoms with Crippen molar-refractivity contribution < 1.29 is 24.1 Å². The van der Waals surface area contributed by atoms with E-state index in [1.807, 2.05) is 84.9 Å². The van der Waals surface area contributed by atoms with Gasteiger partial charge in [-0.2, -0.15) is 0 Å². The molecular weight excluding hydrogens is 576 g/mol. The minimum atomic E-state index is -0.738. The number of nitrogens with zero attached hydrogens (tertiary/aromatic N) is 1. The number of carbonyl (C=O) groups excluding carboxylic acids is 1. The lowest BCUT2D eigenvalue weighted by atomic mass is 9.84. The lowest BCUT2D eigenvalue weighted by Gasteiger charge is -2.35. The number of anilines is 1. The van der Waals surface area contributed by atoms with Gasteiger partial charge in [0.15, 0.2) is 0 Å². The summed E-state index contributed by atoms with van der Waals surface area (Å²) in [5.41, 5.74) is 5.46. The van der Waals surface area contributed by atoms with Crippen LogP contribution in [-0.4, -0.2) is 37.4 Å². The fourth-order valence-electron chi connectivity index (χ4n) is 5.69. The first-order valence-electron chi connectivity index (χ1n) is 14.8. The molecule has 3 unspecified atom stereocenters. The summed E-state index contributed by atoms with van der Waals surface area (Å²) < 4.78 is 17.2. The standard InChI is InChI=1S/C36H40N2O5.ClH/c1-25(22-26-14-16-29(41-3)17-15-26)37-32-20-18-30-31(35(32)39)19-21-33(42-23-27-10-6-4-7-11-27)34(30)38(2)36(40)43-24-28-12-8-5-9-13-28;/h4-17,19,21,25,32,35,37,39H,18,20,22-24H2,1-3H3;1H. The van der Waals surface area contributed by atoms with Crippen molar-refractivity contribution in [3.63, 3.8) is 0 Å². The highest BCUT2D eigenvalue weighted by Gasteiger charge is 2.33. The maximum Gasteiger partial charge on any atom is 0.414 e. The van der Waals surface area contributed by atoms with E-state index in [4.69, 9.17) is 14.2 Å². The number of rotatable bonds is 11. The average Bonchev–Trinajstić information content (AvgIpc) is 3.04. The number of ether oxygens (including phenoxy) is 3. The first-order chi connectivity index (χ1) is 20.9. The van der Waals surface area contributed by atoms with E-state index in [2.05, 4.69) is 24.4 Å². The summed E-state index contributed by atoms with van der Waals surface area (Å²) in [6.07, 6.45) is 0.993. The summed E-state index contributed by atoms with van der Waals surface area (Å²) >= 11 is 0. The van der Waals surface area contributed by atoms with Crippen LogP contribution in [0.1, 0.15) is 47.3 Å². The van der Waals surface area contributed by atoms with E-state index in [0.717, 1.165) is 34.4 Å². The molecule has 44 heavy (non-hydrogen) atoms. The molecule has 0 spiro atoms. The Hall–Kier alpha value is -4.04. The summed E-state index contributed by atoms with van der Waals surface area (Å²) in [6.45, 7) is 2.66. The maximum atomic E-state index is 13.3. The van der Waals surface area contributed by atoms with Crippen molar-refractivity contribution in [3.05, 3.63) is 125 Å².